The maximum absolute atomic E-state index is 12.9. The smallest absolute Gasteiger partial charge is 0.194 e. The first-order chi connectivity index (χ1) is 8.06. The first-order valence-electron chi connectivity index (χ1n) is 4.69. The molecule has 0 radical (unpaired) electrons. The van der Waals surface area contributed by atoms with Gasteiger partial charge >= 0.3 is 0 Å². The number of anilines is 3. The van der Waals surface area contributed by atoms with Gasteiger partial charge in [-0.3, -0.25) is 0 Å². The third kappa shape index (κ3) is 2.47. The zero-order valence-electron chi connectivity index (χ0n) is 8.55. The number of nitrogens with one attached hydrogen (secondary N) is 1. The van der Waals surface area contributed by atoms with Crippen molar-refractivity contribution in [2.24, 2.45) is 0 Å². The van der Waals surface area contributed by atoms with Crippen molar-refractivity contribution in [3.05, 3.63) is 47.9 Å². The van der Waals surface area contributed by atoms with Gasteiger partial charge in [0.2, 0.25) is 0 Å². The lowest BCUT2D eigenvalue weighted by Crippen LogP contribution is -1.98. The Morgan fingerprint density at radius 2 is 1.71 bits per heavy atom. The molecule has 17 heavy (non-hydrogen) atoms. The fraction of sp³-hybridized carbons (Fsp3) is 0. The molecular formula is C11H8F3N3. The van der Waals surface area contributed by atoms with E-state index in [0.717, 1.165) is 12.1 Å². The Hall–Kier alpha value is -2.24. The van der Waals surface area contributed by atoms with Gasteiger partial charge in [-0.2, -0.15) is 0 Å². The molecule has 0 amide bonds. The third-order valence-electron chi connectivity index (χ3n) is 2.04. The van der Waals surface area contributed by atoms with Crippen LogP contribution in [0.25, 0.3) is 0 Å². The Labute approximate surface area is 95.1 Å². The molecule has 0 aliphatic heterocycles. The van der Waals surface area contributed by atoms with Crippen LogP contribution in [-0.4, -0.2) is 4.98 Å². The SMILES string of the molecule is Nc1ccnc(Nc2cc(F)c(F)c(F)c2)c1. The summed E-state index contributed by atoms with van der Waals surface area (Å²) in [4.78, 5) is 3.89. The van der Waals surface area contributed by atoms with Gasteiger partial charge in [-0.1, -0.05) is 0 Å². The summed E-state index contributed by atoms with van der Waals surface area (Å²) in [6, 6.07) is 4.72. The summed E-state index contributed by atoms with van der Waals surface area (Å²) in [5.41, 5.74) is 6.01. The van der Waals surface area contributed by atoms with Gasteiger partial charge in [0.05, 0.1) is 0 Å². The van der Waals surface area contributed by atoms with Crippen LogP contribution in [0.5, 0.6) is 0 Å². The van der Waals surface area contributed by atoms with Gasteiger partial charge < -0.3 is 11.1 Å². The number of hydrogen-bond acceptors (Lipinski definition) is 3. The van der Waals surface area contributed by atoms with E-state index in [1.165, 1.54) is 12.3 Å². The van der Waals surface area contributed by atoms with Crippen LogP contribution in [0, 0.1) is 17.5 Å². The molecule has 2 aromatic rings. The molecule has 3 N–H and O–H groups in total. The molecule has 3 nitrogen and oxygen atoms in total. The second kappa shape index (κ2) is 4.32. The van der Waals surface area contributed by atoms with E-state index in [2.05, 4.69) is 10.3 Å². The minimum Gasteiger partial charge on any atom is -0.399 e. The Balaban J connectivity index is 2.31. The van der Waals surface area contributed by atoms with E-state index in [4.69, 9.17) is 5.73 Å². The van der Waals surface area contributed by atoms with Gasteiger partial charge in [-0.15, -0.1) is 0 Å². The summed E-state index contributed by atoms with van der Waals surface area (Å²) < 4.78 is 38.5. The summed E-state index contributed by atoms with van der Waals surface area (Å²) in [6.07, 6.45) is 1.44. The molecule has 0 fully saturated rings. The molecule has 1 aromatic carbocycles. The minimum absolute atomic E-state index is 0.0551. The van der Waals surface area contributed by atoms with E-state index < -0.39 is 17.5 Å². The summed E-state index contributed by atoms with van der Waals surface area (Å²) >= 11 is 0. The monoisotopic (exact) mass is 239 g/mol. The molecule has 0 aliphatic rings. The Morgan fingerprint density at radius 1 is 1.06 bits per heavy atom. The standard InChI is InChI=1S/C11H8F3N3/c12-8-4-7(5-9(13)11(8)14)17-10-3-6(15)1-2-16-10/h1-5H,(H3,15,16,17). The fourth-order valence-corrected chi connectivity index (χ4v) is 1.29. The normalized spacial score (nSPS) is 10.3. The van der Waals surface area contributed by atoms with Crippen LogP contribution in [0.3, 0.4) is 0 Å². The van der Waals surface area contributed by atoms with Crippen molar-refractivity contribution in [1.82, 2.24) is 4.98 Å². The first-order valence-corrected chi connectivity index (χ1v) is 4.69. The second-order valence-corrected chi connectivity index (χ2v) is 3.35. The lowest BCUT2D eigenvalue weighted by molar-refractivity contribution is 0.448. The van der Waals surface area contributed by atoms with Crippen molar-refractivity contribution in [2.45, 2.75) is 0 Å². The minimum atomic E-state index is -1.50. The number of hydrogen-bond donors (Lipinski definition) is 2. The molecule has 0 saturated heterocycles. The van der Waals surface area contributed by atoms with Crippen molar-refractivity contribution >= 4 is 17.2 Å². The molecule has 0 saturated carbocycles. The number of rotatable bonds is 2. The summed E-state index contributed by atoms with van der Waals surface area (Å²) in [6.45, 7) is 0. The van der Waals surface area contributed by atoms with E-state index in [-0.39, 0.29) is 5.69 Å². The molecule has 0 aliphatic carbocycles. The van der Waals surface area contributed by atoms with Gasteiger partial charge in [0, 0.05) is 35.8 Å². The van der Waals surface area contributed by atoms with Gasteiger partial charge in [0.15, 0.2) is 17.5 Å². The quantitative estimate of drug-likeness (QED) is 0.792. The zero-order valence-corrected chi connectivity index (χ0v) is 8.55. The van der Waals surface area contributed by atoms with Crippen LogP contribution >= 0.6 is 0 Å². The largest absolute Gasteiger partial charge is 0.399 e. The Morgan fingerprint density at radius 3 is 2.29 bits per heavy atom. The molecule has 0 unspecified atom stereocenters. The van der Waals surface area contributed by atoms with Gasteiger partial charge in [0.25, 0.3) is 0 Å². The van der Waals surface area contributed by atoms with Gasteiger partial charge in [0.1, 0.15) is 5.82 Å². The predicted molar refractivity (Wildman–Crippen MR) is 58.2 cm³/mol. The molecular weight excluding hydrogens is 231 g/mol. The van der Waals surface area contributed by atoms with Gasteiger partial charge in [-0.25, -0.2) is 18.2 Å². The van der Waals surface area contributed by atoms with Crippen molar-refractivity contribution in [1.29, 1.82) is 0 Å². The van der Waals surface area contributed by atoms with Crippen LogP contribution in [0.4, 0.5) is 30.4 Å². The van der Waals surface area contributed by atoms with E-state index in [0.29, 0.717) is 11.5 Å². The highest BCUT2D eigenvalue weighted by atomic mass is 19.2. The summed E-state index contributed by atoms with van der Waals surface area (Å²) in [7, 11) is 0. The van der Waals surface area contributed by atoms with Crippen LogP contribution in [0.1, 0.15) is 0 Å². The highest BCUT2D eigenvalue weighted by Gasteiger charge is 2.10. The lowest BCUT2D eigenvalue weighted by atomic mass is 10.3. The molecule has 88 valence electrons. The van der Waals surface area contributed by atoms with Gasteiger partial charge in [-0.05, 0) is 6.07 Å². The van der Waals surface area contributed by atoms with Crippen LogP contribution < -0.4 is 11.1 Å². The Kier molecular flexibility index (Phi) is 2.86. The molecule has 0 spiro atoms. The molecule has 0 bridgehead atoms. The van der Waals surface area contributed by atoms with Crippen LogP contribution in [0.2, 0.25) is 0 Å². The molecule has 1 aromatic heterocycles. The average Bonchev–Trinajstić information content (AvgIpc) is 2.26. The van der Waals surface area contributed by atoms with Crippen molar-refractivity contribution < 1.29 is 13.2 Å². The van der Waals surface area contributed by atoms with Crippen molar-refractivity contribution in [3.8, 4) is 0 Å². The first kappa shape index (κ1) is 11.3. The van der Waals surface area contributed by atoms with Crippen molar-refractivity contribution in [2.75, 3.05) is 11.1 Å². The number of benzene rings is 1. The molecule has 6 heteroatoms. The van der Waals surface area contributed by atoms with E-state index in [1.54, 1.807) is 6.07 Å². The third-order valence-corrected chi connectivity index (χ3v) is 2.04. The maximum atomic E-state index is 12.9. The van der Waals surface area contributed by atoms with Crippen LogP contribution in [-0.2, 0) is 0 Å². The number of nitrogens with zero attached hydrogens (tertiary/aromatic N) is 1. The van der Waals surface area contributed by atoms with E-state index in [9.17, 15) is 13.2 Å². The predicted octanol–water partition coefficient (Wildman–Crippen LogP) is 2.82. The number of nitrogen functional groups attached to an aromatic ring is 1. The molecule has 2 rings (SSSR count). The fourth-order valence-electron chi connectivity index (χ4n) is 1.29. The number of pyridine rings is 1. The topological polar surface area (TPSA) is 50.9 Å². The van der Waals surface area contributed by atoms with E-state index >= 15 is 0 Å². The Bertz CT molecular complexity index is 534. The highest BCUT2D eigenvalue weighted by Crippen LogP contribution is 2.21. The highest BCUT2D eigenvalue weighted by molar-refractivity contribution is 5.59. The number of aromatic nitrogens is 1. The summed E-state index contributed by atoms with van der Waals surface area (Å²) in [5, 5.41) is 2.62. The average molecular weight is 239 g/mol. The van der Waals surface area contributed by atoms with Crippen LogP contribution in [0.15, 0.2) is 30.5 Å². The second-order valence-electron chi connectivity index (χ2n) is 3.35. The summed E-state index contributed by atoms with van der Waals surface area (Å²) in [5.74, 6) is -3.72. The molecule has 1 heterocycles. The zero-order chi connectivity index (χ0) is 12.4. The number of halogens is 3. The number of nitrogens with two attached hydrogens (primary N) is 1. The van der Waals surface area contributed by atoms with E-state index in [1.807, 2.05) is 0 Å². The lowest BCUT2D eigenvalue weighted by Gasteiger charge is -2.06. The maximum Gasteiger partial charge on any atom is 0.194 e. The van der Waals surface area contributed by atoms with Crippen molar-refractivity contribution in [3.63, 3.8) is 0 Å². The molecule has 0 atom stereocenters.